The number of rotatable bonds is 3. The summed E-state index contributed by atoms with van der Waals surface area (Å²) in [5.74, 6) is 0.941. The number of nitrogens with zero attached hydrogens (tertiary/aromatic N) is 5. The molecule has 0 amide bonds. The summed E-state index contributed by atoms with van der Waals surface area (Å²) >= 11 is 0. The highest BCUT2D eigenvalue weighted by molar-refractivity contribution is 5.91. The zero-order chi connectivity index (χ0) is 17.4. The molecule has 3 heterocycles. The number of aliphatic hydroxyl groups excluding tert-OH is 1. The van der Waals surface area contributed by atoms with Crippen LogP contribution in [0.5, 0.6) is 0 Å². The van der Waals surface area contributed by atoms with Crippen molar-refractivity contribution in [1.82, 2.24) is 14.9 Å². The van der Waals surface area contributed by atoms with E-state index in [1.807, 2.05) is 19.0 Å². The summed E-state index contributed by atoms with van der Waals surface area (Å²) in [6.07, 6.45) is 1.26. The van der Waals surface area contributed by atoms with Crippen LogP contribution in [0.15, 0.2) is 24.5 Å². The lowest BCUT2D eigenvalue weighted by atomic mass is 10.1. The Balaban J connectivity index is 1.52. The Hall–Kier alpha value is -1.96. The second kappa shape index (κ2) is 6.74. The van der Waals surface area contributed by atoms with Crippen molar-refractivity contribution in [3.8, 4) is 0 Å². The van der Waals surface area contributed by atoms with Crippen LogP contribution < -0.4 is 9.80 Å². The molecular weight excluding hydrogens is 318 g/mol. The number of anilines is 2. The highest BCUT2D eigenvalue weighted by Crippen LogP contribution is 2.27. The molecule has 4 rings (SSSR count). The van der Waals surface area contributed by atoms with E-state index in [1.54, 1.807) is 6.33 Å². The van der Waals surface area contributed by atoms with E-state index in [-0.39, 0.29) is 12.1 Å². The molecule has 0 aliphatic carbocycles. The Kier molecular flexibility index (Phi) is 4.45. The minimum atomic E-state index is -0.355. The second-order valence-corrected chi connectivity index (χ2v) is 6.99. The quantitative estimate of drug-likeness (QED) is 0.874. The van der Waals surface area contributed by atoms with Crippen molar-refractivity contribution in [3.05, 3.63) is 24.5 Å². The van der Waals surface area contributed by atoms with Crippen LogP contribution in [0.4, 0.5) is 11.5 Å². The van der Waals surface area contributed by atoms with Crippen LogP contribution in [0, 0.1) is 0 Å². The number of piperazine rings is 1. The number of aromatic nitrogens is 2. The molecule has 2 saturated heterocycles. The molecule has 0 radical (unpaired) electrons. The van der Waals surface area contributed by atoms with Crippen molar-refractivity contribution in [2.24, 2.45) is 0 Å². The predicted molar refractivity (Wildman–Crippen MR) is 98.3 cm³/mol. The first-order valence-electron chi connectivity index (χ1n) is 8.80. The van der Waals surface area contributed by atoms with Crippen LogP contribution in [-0.2, 0) is 4.74 Å². The second-order valence-electron chi connectivity index (χ2n) is 6.99. The number of fused-ring (bicyclic) bond motifs is 1. The summed E-state index contributed by atoms with van der Waals surface area (Å²) in [5.41, 5.74) is 2.17. The van der Waals surface area contributed by atoms with Gasteiger partial charge >= 0.3 is 0 Å². The average Bonchev–Trinajstić information content (AvgIpc) is 3.06. The van der Waals surface area contributed by atoms with Gasteiger partial charge in [-0.2, -0.15) is 0 Å². The van der Waals surface area contributed by atoms with Crippen molar-refractivity contribution < 1.29 is 9.84 Å². The molecule has 1 N–H and O–H groups in total. The van der Waals surface area contributed by atoms with E-state index >= 15 is 0 Å². The lowest BCUT2D eigenvalue weighted by Gasteiger charge is -2.39. The third-order valence-corrected chi connectivity index (χ3v) is 5.19. The molecule has 134 valence electrons. The molecule has 2 atom stereocenters. The first-order chi connectivity index (χ1) is 12.1. The number of hydrogen-bond donors (Lipinski definition) is 1. The monoisotopic (exact) mass is 343 g/mol. The van der Waals surface area contributed by atoms with E-state index in [0.29, 0.717) is 13.2 Å². The molecule has 2 aliphatic heterocycles. The Morgan fingerprint density at radius 2 is 1.92 bits per heavy atom. The topological polar surface area (TPSA) is 65.0 Å². The van der Waals surface area contributed by atoms with Gasteiger partial charge in [0.15, 0.2) is 0 Å². The van der Waals surface area contributed by atoms with Crippen LogP contribution >= 0.6 is 0 Å². The molecule has 2 unspecified atom stereocenters. The van der Waals surface area contributed by atoms with E-state index in [1.165, 1.54) is 5.69 Å². The highest BCUT2D eigenvalue weighted by atomic mass is 16.5. The molecule has 7 nitrogen and oxygen atoms in total. The smallest absolute Gasteiger partial charge is 0.139 e. The highest BCUT2D eigenvalue weighted by Gasteiger charge is 2.33. The lowest BCUT2D eigenvalue weighted by molar-refractivity contribution is 0.0785. The Bertz CT molecular complexity index is 745. The molecule has 2 aromatic rings. The molecule has 1 aromatic carbocycles. The van der Waals surface area contributed by atoms with E-state index in [9.17, 15) is 5.11 Å². The lowest BCUT2D eigenvalue weighted by Crippen LogP contribution is -2.53. The summed E-state index contributed by atoms with van der Waals surface area (Å²) in [5, 5.41) is 11.1. The normalized spacial score (nSPS) is 24.8. The van der Waals surface area contributed by atoms with Crippen LogP contribution in [0.25, 0.3) is 10.9 Å². The number of benzene rings is 1. The Morgan fingerprint density at radius 3 is 2.60 bits per heavy atom. The molecule has 1 aromatic heterocycles. The van der Waals surface area contributed by atoms with Crippen LogP contribution in [0.2, 0.25) is 0 Å². The van der Waals surface area contributed by atoms with Crippen molar-refractivity contribution >= 4 is 22.4 Å². The summed E-state index contributed by atoms with van der Waals surface area (Å²) < 4.78 is 5.39. The van der Waals surface area contributed by atoms with Crippen LogP contribution in [-0.4, -0.2) is 85.6 Å². The predicted octanol–water partition coefficient (Wildman–Crippen LogP) is 0.578. The van der Waals surface area contributed by atoms with E-state index in [0.717, 1.165) is 42.9 Å². The number of ether oxygens (including phenoxy) is 1. The minimum Gasteiger partial charge on any atom is -0.389 e. The Labute approximate surface area is 147 Å². The Morgan fingerprint density at radius 1 is 1.12 bits per heavy atom. The van der Waals surface area contributed by atoms with Gasteiger partial charge < -0.3 is 19.6 Å². The zero-order valence-corrected chi connectivity index (χ0v) is 14.8. The maximum atomic E-state index is 10.0. The zero-order valence-electron chi connectivity index (χ0n) is 14.8. The van der Waals surface area contributed by atoms with Gasteiger partial charge in [-0.1, -0.05) is 0 Å². The molecule has 0 bridgehead atoms. The van der Waals surface area contributed by atoms with E-state index in [4.69, 9.17) is 4.74 Å². The molecule has 25 heavy (non-hydrogen) atoms. The van der Waals surface area contributed by atoms with Gasteiger partial charge in [-0.15, -0.1) is 0 Å². The standard InChI is InChI=1S/C18H25N5O2/c1-21(2)18-14-9-13(3-4-15(14)19-12-20-18)22-5-7-23(8-6-22)16-10-25-11-17(16)24/h3-4,9,12,16-17,24H,5-8,10-11H2,1-2H3. The molecule has 7 heteroatoms. The van der Waals surface area contributed by atoms with Gasteiger partial charge in [0.2, 0.25) is 0 Å². The van der Waals surface area contributed by atoms with Gasteiger partial charge in [-0.3, -0.25) is 4.90 Å². The van der Waals surface area contributed by atoms with Crippen LogP contribution in [0.3, 0.4) is 0 Å². The van der Waals surface area contributed by atoms with Gasteiger partial charge in [-0.25, -0.2) is 9.97 Å². The summed E-state index contributed by atoms with van der Waals surface area (Å²) in [6.45, 7) is 4.87. The van der Waals surface area contributed by atoms with Crippen molar-refractivity contribution in [2.75, 3.05) is 63.3 Å². The number of aliphatic hydroxyl groups is 1. The third kappa shape index (κ3) is 3.15. The average molecular weight is 343 g/mol. The molecule has 2 aliphatic rings. The summed E-state index contributed by atoms with van der Waals surface area (Å²) in [7, 11) is 4.00. The molecule has 0 saturated carbocycles. The maximum Gasteiger partial charge on any atom is 0.139 e. The fraction of sp³-hybridized carbons (Fsp3) is 0.556. The van der Waals surface area contributed by atoms with Crippen molar-refractivity contribution in [2.45, 2.75) is 12.1 Å². The van der Waals surface area contributed by atoms with E-state index in [2.05, 4.69) is 38.0 Å². The minimum absolute atomic E-state index is 0.146. The molecule has 0 spiro atoms. The van der Waals surface area contributed by atoms with Crippen molar-refractivity contribution in [1.29, 1.82) is 0 Å². The van der Waals surface area contributed by atoms with Gasteiger partial charge in [0.25, 0.3) is 0 Å². The van der Waals surface area contributed by atoms with E-state index < -0.39 is 0 Å². The fourth-order valence-electron chi connectivity index (χ4n) is 3.78. The first-order valence-corrected chi connectivity index (χ1v) is 8.80. The summed E-state index contributed by atoms with van der Waals surface area (Å²) in [4.78, 5) is 15.6. The first kappa shape index (κ1) is 16.5. The maximum absolute atomic E-state index is 10.0. The van der Waals surface area contributed by atoms with Gasteiger partial charge in [0.05, 0.1) is 30.9 Å². The molecular formula is C18H25N5O2. The van der Waals surface area contributed by atoms with Gasteiger partial charge in [-0.05, 0) is 18.2 Å². The number of hydrogen-bond acceptors (Lipinski definition) is 7. The summed E-state index contributed by atoms with van der Waals surface area (Å²) in [6, 6.07) is 6.54. The van der Waals surface area contributed by atoms with Crippen molar-refractivity contribution in [3.63, 3.8) is 0 Å². The van der Waals surface area contributed by atoms with Crippen LogP contribution in [0.1, 0.15) is 0 Å². The SMILES string of the molecule is CN(C)c1ncnc2ccc(N3CCN(C4COCC4O)CC3)cc12. The fourth-order valence-corrected chi connectivity index (χ4v) is 3.78. The third-order valence-electron chi connectivity index (χ3n) is 5.19. The molecule has 2 fully saturated rings. The van der Waals surface area contributed by atoms with Gasteiger partial charge in [0, 0.05) is 51.3 Å². The van der Waals surface area contributed by atoms with Gasteiger partial charge in [0.1, 0.15) is 12.1 Å². The largest absolute Gasteiger partial charge is 0.389 e.